The number of fused-ring (bicyclic) bond motifs is 1. The molecule has 3 rings (SSSR count). The van der Waals surface area contributed by atoms with Crippen LogP contribution in [0.5, 0.6) is 0 Å². The summed E-state index contributed by atoms with van der Waals surface area (Å²) < 4.78 is 2.88. The van der Waals surface area contributed by atoms with Crippen LogP contribution < -0.4 is 11.0 Å². The second kappa shape index (κ2) is 7.10. The van der Waals surface area contributed by atoms with E-state index in [-0.39, 0.29) is 24.7 Å². The maximum Gasteiger partial charge on any atom is 0.346 e. The van der Waals surface area contributed by atoms with Crippen molar-refractivity contribution in [2.24, 2.45) is 0 Å². The molecule has 1 unspecified atom stereocenters. The summed E-state index contributed by atoms with van der Waals surface area (Å²) in [5.74, 6) is 0.438. The fourth-order valence-electron chi connectivity index (χ4n) is 2.71. The number of nitrogens with zero attached hydrogens (tertiary/aromatic N) is 3. The SMILES string of the molecule is O=C(Cn1nc2n(c1=O)CCCCC2)NCC(O)c1ccsc1. The number of nitrogens with one attached hydrogen (secondary N) is 1. The molecular weight excluding hydrogens is 316 g/mol. The Kier molecular flexibility index (Phi) is 4.92. The zero-order valence-corrected chi connectivity index (χ0v) is 13.6. The fourth-order valence-corrected chi connectivity index (χ4v) is 3.42. The maximum atomic E-state index is 12.3. The zero-order chi connectivity index (χ0) is 16.2. The molecule has 1 amide bonds. The van der Waals surface area contributed by atoms with E-state index < -0.39 is 6.10 Å². The molecule has 0 fully saturated rings. The van der Waals surface area contributed by atoms with Crippen molar-refractivity contribution in [3.05, 3.63) is 38.7 Å². The number of aliphatic hydroxyl groups is 1. The van der Waals surface area contributed by atoms with Gasteiger partial charge in [-0.05, 0) is 35.2 Å². The van der Waals surface area contributed by atoms with Crippen LogP contribution in [0.2, 0.25) is 0 Å². The summed E-state index contributed by atoms with van der Waals surface area (Å²) >= 11 is 1.49. The third-order valence-corrected chi connectivity index (χ3v) is 4.70. The van der Waals surface area contributed by atoms with Gasteiger partial charge in [-0.3, -0.25) is 9.36 Å². The maximum absolute atomic E-state index is 12.3. The van der Waals surface area contributed by atoms with Crippen LogP contribution in [-0.2, 0) is 24.3 Å². The van der Waals surface area contributed by atoms with Gasteiger partial charge in [0, 0.05) is 19.5 Å². The largest absolute Gasteiger partial charge is 0.387 e. The van der Waals surface area contributed by atoms with Crippen molar-refractivity contribution in [3.8, 4) is 0 Å². The molecule has 124 valence electrons. The van der Waals surface area contributed by atoms with Crippen molar-refractivity contribution >= 4 is 17.2 Å². The molecule has 2 aromatic rings. The van der Waals surface area contributed by atoms with E-state index in [1.165, 1.54) is 16.0 Å². The van der Waals surface area contributed by atoms with Gasteiger partial charge in [0.1, 0.15) is 12.4 Å². The Morgan fingerprint density at radius 3 is 3.09 bits per heavy atom. The van der Waals surface area contributed by atoms with Gasteiger partial charge in [0.25, 0.3) is 0 Å². The summed E-state index contributed by atoms with van der Waals surface area (Å²) in [5, 5.41) is 20.6. The van der Waals surface area contributed by atoms with Crippen LogP contribution in [0.25, 0.3) is 0 Å². The molecule has 0 radical (unpaired) electrons. The monoisotopic (exact) mass is 336 g/mol. The van der Waals surface area contributed by atoms with Crippen molar-refractivity contribution < 1.29 is 9.90 Å². The minimum atomic E-state index is -0.736. The number of carbonyl (C=O) groups excluding carboxylic acids is 1. The molecule has 8 heteroatoms. The quantitative estimate of drug-likeness (QED) is 0.840. The van der Waals surface area contributed by atoms with Crippen LogP contribution in [0, 0.1) is 0 Å². The normalized spacial score (nSPS) is 15.7. The minimum Gasteiger partial charge on any atom is -0.387 e. The van der Waals surface area contributed by atoms with Crippen LogP contribution >= 0.6 is 11.3 Å². The number of carbonyl (C=O) groups is 1. The first-order chi connectivity index (χ1) is 11.1. The molecule has 0 saturated heterocycles. The van der Waals surface area contributed by atoms with Crippen molar-refractivity contribution in [2.75, 3.05) is 6.54 Å². The lowest BCUT2D eigenvalue weighted by molar-refractivity contribution is -0.122. The van der Waals surface area contributed by atoms with E-state index in [9.17, 15) is 14.7 Å². The van der Waals surface area contributed by atoms with Crippen molar-refractivity contribution in [3.63, 3.8) is 0 Å². The lowest BCUT2D eigenvalue weighted by Crippen LogP contribution is -2.35. The number of thiophene rings is 1. The Labute approximate surface area is 137 Å². The Morgan fingerprint density at radius 2 is 2.30 bits per heavy atom. The zero-order valence-electron chi connectivity index (χ0n) is 12.8. The molecule has 23 heavy (non-hydrogen) atoms. The standard InChI is InChI=1S/C15H20N4O3S/c20-12(11-5-7-23-10-11)8-16-14(21)9-19-15(22)18-6-3-1-2-4-13(18)17-19/h5,7,10,12,20H,1-4,6,8-9H2,(H,16,21). The van der Waals surface area contributed by atoms with Crippen LogP contribution in [-0.4, -0.2) is 31.9 Å². The highest BCUT2D eigenvalue weighted by molar-refractivity contribution is 7.07. The molecule has 0 saturated carbocycles. The van der Waals surface area contributed by atoms with Gasteiger partial charge in [0.15, 0.2) is 0 Å². The summed E-state index contributed by atoms with van der Waals surface area (Å²) in [6.07, 6.45) is 3.14. The second-order valence-corrected chi connectivity index (χ2v) is 6.48. The van der Waals surface area contributed by atoms with Crippen LogP contribution in [0.1, 0.15) is 36.8 Å². The Morgan fingerprint density at radius 1 is 1.43 bits per heavy atom. The molecular formula is C15H20N4O3S. The highest BCUT2D eigenvalue weighted by Crippen LogP contribution is 2.15. The molecule has 1 aliphatic heterocycles. The molecule has 2 N–H and O–H groups in total. The average molecular weight is 336 g/mol. The van der Waals surface area contributed by atoms with Gasteiger partial charge in [0.2, 0.25) is 5.91 Å². The smallest absolute Gasteiger partial charge is 0.346 e. The van der Waals surface area contributed by atoms with Crippen molar-refractivity contribution in [1.29, 1.82) is 0 Å². The molecule has 1 atom stereocenters. The van der Waals surface area contributed by atoms with E-state index in [1.54, 1.807) is 4.57 Å². The molecule has 0 aliphatic carbocycles. The topological polar surface area (TPSA) is 89.2 Å². The highest BCUT2D eigenvalue weighted by Gasteiger charge is 2.17. The summed E-state index contributed by atoms with van der Waals surface area (Å²) in [4.78, 5) is 24.3. The van der Waals surface area contributed by atoms with Gasteiger partial charge in [0.05, 0.1) is 6.10 Å². The van der Waals surface area contributed by atoms with Crippen molar-refractivity contribution in [2.45, 2.75) is 44.9 Å². The third-order valence-electron chi connectivity index (χ3n) is 4.00. The van der Waals surface area contributed by atoms with Gasteiger partial charge in [-0.25, -0.2) is 9.48 Å². The van der Waals surface area contributed by atoms with E-state index in [4.69, 9.17) is 0 Å². The van der Waals surface area contributed by atoms with E-state index in [2.05, 4.69) is 10.4 Å². The molecule has 7 nitrogen and oxygen atoms in total. The van der Waals surface area contributed by atoms with Crippen LogP contribution in [0.15, 0.2) is 21.6 Å². The number of hydrogen-bond acceptors (Lipinski definition) is 5. The first-order valence-electron chi connectivity index (χ1n) is 7.78. The summed E-state index contributed by atoms with van der Waals surface area (Å²) in [6.45, 7) is 0.680. The van der Waals surface area contributed by atoms with Crippen molar-refractivity contribution in [1.82, 2.24) is 19.7 Å². The molecule has 0 aromatic carbocycles. The number of rotatable bonds is 5. The number of amides is 1. The number of aliphatic hydroxyl groups excluding tert-OH is 1. The van der Waals surface area contributed by atoms with Gasteiger partial charge >= 0.3 is 5.69 Å². The summed E-state index contributed by atoms with van der Waals surface area (Å²) in [6, 6.07) is 1.82. The lowest BCUT2D eigenvalue weighted by atomic mass is 10.2. The first-order valence-corrected chi connectivity index (χ1v) is 8.73. The van der Waals surface area contributed by atoms with Gasteiger partial charge in [-0.2, -0.15) is 16.4 Å². The number of aromatic nitrogens is 3. The van der Waals surface area contributed by atoms with Gasteiger partial charge in [-0.1, -0.05) is 6.42 Å². The van der Waals surface area contributed by atoms with E-state index in [0.717, 1.165) is 37.1 Å². The number of hydrogen-bond donors (Lipinski definition) is 2. The van der Waals surface area contributed by atoms with Crippen LogP contribution in [0.3, 0.4) is 0 Å². The predicted octanol–water partition coefficient (Wildman–Crippen LogP) is 0.682. The van der Waals surface area contributed by atoms with Gasteiger partial charge in [-0.15, -0.1) is 0 Å². The first kappa shape index (κ1) is 15.9. The van der Waals surface area contributed by atoms with E-state index in [0.29, 0.717) is 6.54 Å². The fraction of sp³-hybridized carbons (Fsp3) is 0.533. The summed E-state index contributed by atoms with van der Waals surface area (Å²) in [7, 11) is 0. The van der Waals surface area contributed by atoms with E-state index >= 15 is 0 Å². The lowest BCUT2D eigenvalue weighted by Gasteiger charge is -2.10. The molecule has 0 spiro atoms. The molecule has 2 aromatic heterocycles. The molecule has 0 bridgehead atoms. The predicted molar refractivity (Wildman–Crippen MR) is 86.3 cm³/mol. The Balaban J connectivity index is 1.59. The number of aryl methyl sites for hydroxylation is 1. The summed E-state index contributed by atoms with van der Waals surface area (Å²) in [5.41, 5.74) is 0.552. The van der Waals surface area contributed by atoms with Gasteiger partial charge < -0.3 is 10.4 Å². The Hall–Kier alpha value is -1.93. The second-order valence-electron chi connectivity index (χ2n) is 5.70. The molecule has 1 aliphatic rings. The average Bonchev–Trinajstić information content (AvgIpc) is 3.10. The third kappa shape index (κ3) is 3.70. The highest BCUT2D eigenvalue weighted by atomic mass is 32.1. The van der Waals surface area contributed by atoms with E-state index in [1.807, 2.05) is 16.8 Å². The van der Waals surface area contributed by atoms with Crippen LogP contribution in [0.4, 0.5) is 0 Å². The Bertz CT molecular complexity index is 720. The minimum absolute atomic E-state index is 0.116. The molecule has 3 heterocycles.